The standard InChI is InChI=1S/C18H14N4O5S.C17H21NO3/c23-16-9-6-13(11-15(16)18(24)25)21-20-12-4-7-14(8-5-12)28(26,27)22-17-3-1-2-10-19-17;1-3-11-6-5-7-12-13-8-9-21-17(4-2,10-14(19)20)16(13)18-15(11)12/h1-11,23H,(H,19,22)(H,24,25);5-7,18H,3-4,8-10H2,1-2H3,(H,19,20). The van der Waals surface area contributed by atoms with Crippen molar-refractivity contribution >= 4 is 50.1 Å². The lowest BCUT2D eigenvalue weighted by Gasteiger charge is -2.35. The second-order valence-electron chi connectivity index (χ2n) is 11.2. The van der Waals surface area contributed by atoms with Gasteiger partial charge in [-0.25, -0.2) is 18.2 Å². The number of pyridine rings is 1. The van der Waals surface area contributed by atoms with E-state index in [1.54, 1.807) is 12.1 Å². The summed E-state index contributed by atoms with van der Waals surface area (Å²) in [5.41, 5.74) is 4.18. The molecule has 0 spiro atoms. The fourth-order valence-corrected chi connectivity index (χ4v) is 6.68. The van der Waals surface area contributed by atoms with E-state index in [-0.39, 0.29) is 34.1 Å². The van der Waals surface area contributed by atoms with Crippen molar-refractivity contribution in [3.05, 3.63) is 107 Å². The molecule has 1 aliphatic heterocycles. The van der Waals surface area contributed by atoms with Crippen LogP contribution in [0.15, 0.2) is 100 Å². The first-order valence-electron chi connectivity index (χ1n) is 15.5. The first-order chi connectivity index (χ1) is 23.5. The summed E-state index contributed by atoms with van der Waals surface area (Å²) in [5, 5.41) is 36.8. The van der Waals surface area contributed by atoms with Gasteiger partial charge in [0.2, 0.25) is 0 Å². The number of rotatable bonds is 10. The number of aliphatic carboxylic acids is 1. The second-order valence-corrected chi connectivity index (χ2v) is 12.9. The number of aryl methyl sites for hydroxylation is 1. The lowest BCUT2D eigenvalue weighted by atomic mass is 9.86. The van der Waals surface area contributed by atoms with Crippen LogP contribution in [0.1, 0.15) is 53.9 Å². The van der Waals surface area contributed by atoms with Gasteiger partial charge in [0.1, 0.15) is 22.7 Å². The van der Waals surface area contributed by atoms with Crippen molar-refractivity contribution in [3.8, 4) is 5.75 Å². The Labute approximate surface area is 282 Å². The van der Waals surface area contributed by atoms with E-state index in [2.05, 4.69) is 50.0 Å². The molecule has 49 heavy (non-hydrogen) atoms. The number of aromatic carboxylic acids is 1. The van der Waals surface area contributed by atoms with E-state index in [0.29, 0.717) is 18.7 Å². The lowest BCUT2D eigenvalue weighted by molar-refractivity contribution is -0.148. The molecule has 0 aliphatic carbocycles. The molecule has 254 valence electrons. The smallest absolute Gasteiger partial charge is 0.339 e. The van der Waals surface area contributed by atoms with E-state index in [0.717, 1.165) is 24.1 Å². The van der Waals surface area contributed by atoms with E-state index < -0.39 is 27.6 Å². The molecule has 0 amide bonds. The van der Waals surface area contributed by atoms with Gasteiger partial charge in [0, 0.05) is 17.1 Å². The maximum absolute atomic E-state index is 12.3. The number of para-hydroxylation sites is 1. The molecule has 6 rings (SSSR count). The number of nitrogens with zero attached hydrogens (tertiary/aromatic N) is 3. The van der Waals surface area contributed by atoms with E-state index in [4.69, 9.17) is 9.84 Å². The molecule has 0 saturated carbocycles. The second kappa shape index (κ2) is 14.7. The zero-order chi connectivity index (χ0) is 35.2. The number of phenols is 1. The molecule has 1 atom stereocenters. The maximum Gasteiger partial charge on any atom is 0.339 e. The number of hydrogen-bond acceptors (Lipinski definition) is 9. The fourth-order valence-electron chi connectivity index (χ4n) is 5.67. The Morgan fingerprint density at radius 3 is 2.37 bits per heavy atom. The summed E-state index contributed by atoms with van der Waals surface area (Å²) >= 11 is 0. The number of aromatic nitrogens is 2. The highest BCUT2D eigenvalue weighted by molar-refractivity contribution is 7.92. The molecule has 5 aromatic rings. The third-order valence-electron chi connectivity index (χ3n) is 8.14. The van der Waals surface area contributed by atoms with Gasteiger partial charge in [-0.2, -0.15) is 10.2 Å². The number of carboxylic acids is 2. The van der Waals surface area contributed by atoms with Crippen molar-refractivity contribution in [3.63, 3.8) is 0 Å². The Hall–Kier alpha value is -5.60. The molecular formula is C35H35N5O8S. The summed E-state index contributed by atoms with van der Waals surface area (Å²) in [5.74, 6) is -2.28. The number of H-pyrrole nitrogens is 1. The number of anilines is 1. The summed E-state index contributed by atoms with van der Waals surface area (Å²) in [6.07, 6.45) is 3.92. The highest BCUT2D eigenvalue weighted by atomic mass is 32.2. The number of aromatic amines is 1. The molecule has 0 radical (unpaired) electrons. The van der Waals surface area contributed by atoms with Crippen molar-refractivity contribution in [2.45, 2.75) is 50.0 Å². The summed E-state index contributed by atoms with van der Waals surface area (Å²) in [6.45, 7) is 4.71. The summed E-state index contributed by atoms with van der Waals surface area (Å²) in [4.78, 5) is 29.7. The van der Waals surface area contributed by atoms with Gasteiger partial charge in [-0.05, 0) is 85.0 Å². The zero-order valence-electron chi connectivity index (χ0n) is 26.8. The third kappa shape index (κ3) is 7.77. The summed E-state index contributed by atoms with van der Waals surface area (Å²) in [6, 6.07) is 20.6. The number of ether oxygens (including phenoxy) is 1. The van der Waals surface area contributed by atoms with Crippen LogP contribution < -0.4 is 4.72 Å². The van der Waals surface area contributed by atoms with Crippen molar-refractivity contribution in [2.24, 2.45) is 10.2 Å². The van der Waals surface area contributed by atoms with Crippen LogP contribution in [0.25, 0.3) is 10.9 Å². The highest BCUT2D eigenvalue weighted by Crippen LogP contribution is 2.42. The molecule has 0 bridgehead atoms. The molecule has 13 nitrogen and oxygen atoms in total. The molecule has 0 saturated heterocycles. The molecule has 1 unspecified atom stereocenters. The van der Waals surface area contributed by atoms with Crippen molar-refractivity contribution in [1.29, 1.82) is 0 Å². The summed E-state index contributed by atoms with van der Waals surface area (Å²) < 4.78 is 33.0. The molecular weight excluding hydrogens is 650 g/mol. The van der Waals surface area contributed by atoms with Gasteiger partial charge in [0.15, 0.2) is 0 Å². The predicted octanol–water partition coefficient (Wildman–Crippen LogP) is 7.08. The van der Waals surface area contributed by atoms with Crippen molar-refractivity contribution < 1.29 is 38.1 Å². The number of benzene rings is 3. The highest BCUT2D eigenvalue weighted by Gasteiger charge is 2.41. The van der Waals surface area contributed by atoms with Crippen LogP contribution in [0, 0.1) is 0 Å². The Bertz CT molecular complexity index is 2120. The van der Waals surface area contributed by atoms with Gasteiger partial charge in [0.05, 0.1) is 35.0 Å². The van der Waals surface area contributed by atoms with Crippen molar-refractivity contribution in [1.82, 2.24) is 9.97 Å². The molecule has 14 heteroatoms. The maximum atomic E-state index is 12.3. The van der Waals surface area contributed by atoms with E-state index >= 15 is 0 Å². The van der Waals surface area contributed by atoms with Crippen molar-refractivity contribution in [2.75, 3.05) is 11.3 Å². The number of fused-ring (bicyclic) bond motifs is 3. The average molecular weight is 686 g/mol. The monoisotopic (exact) mass is 685 g/mol. The normalized spacial score (nSPS) is 15.7. The van der Waals surface area contributed by atoms with Crippen LogP contribution in [0.5, 0.6) is 5.75 Å². The number of sulfonamides is 1. The number of carboxylic acid groups (broad SMARTS) is 2. The molecule has 3 heterocycles. The van der Waals surface area contributed by atoms with E-state index in [1.807, 2.05) is 6.92 Å². The number of hydrogen-bond donors (Lipinski definition) is 5. The molecule has 5 N–H and O–H groups in total. The number of carbonyl (C=O) groups is 2. The van der Waals surface area contributed by atoms with Gasteiger partial charge in [-0.3, -0.25) is 9.52 Å². The quantitative estimate of drug-likeness (QED) is 0.0951. The Morgan fingerprint density at radius 2 is 1.71 bits per heavy atom. The van der Waals surface area contributed by atoms with Crippen LogP contribution in [-0.2, 0) is 38.0 Å². The summed E-state index contributed by atoms with van der Waals surface area (Å²) in [7, 11) is -3.79. The van der Waals surface area contributed by atoms with Crippen LogP contribution in [0.4, 0.5) is 17.2 Å². The van der Waals surface area contributed by atoms with Gasteiger partial charge in [0.25, 0.3) is 10.0 Å². The van der Waals surface area contributed by atoms with Gasteiger partial charge in [-0.1, -0.05) is 38.1 Å². The molecule has 3 aromatic carbocycles. The predicted molar refractivity (Wildman–Crippen MR) is 182 cm³/mol. The van der Waals surface area contributed by atoms with E-state index in [1.165, 1.54) is 71.2 Å². The Kier molecular flexibility index (Phi) is 10.4. The minimum absolute atomic E-state index is 0.00474. The van der Waals surface area contributed by atoms with E-state index in [9.17, 15) is 28.2 Å². The minimum atomic E-state index is -3.79. The lowest BCUT2D eigenvalue weighted by Crippen LogP contribution is -2.37. The molecule has 0 fully saturated rings. The van der Waals surface area contributed by atoms with Crippen LogP contribution in [-0.4, -0.2) is 52.3 Å². The van der Waals surface area contributed by atoms with Gasteiger partial charge >= 0.3 is 11.9 Å². The first kappa shape index (κ1) is 34.7. The fraction of sp³-hybridized carbons (Fsp3) is 0.229. The third-order valence-corrected chi connectivity index (χ3v) is 9.52. The minimum Gasteiger partial charge on any atom is -0.507 e. The number of nitrogens with one attached hydrogen (secondary N) is 2. The topological polar surface area (TPSA) is 204 Å². The van der Waals surface area contributed by atoms with Crippen LogP contribution >= 0.6 is 0 Å². The SMILES string of the molecule is CCc1cccc2c3c([nH]c12)C(CC)(CC(=O)O)OCC3.O=C(O)c1cc(N=Nc2ccc(S(=O)(=O)Nc3ccccn3)cc2)ccc1O. The van der Waals surface area contributed by atoms with Crippen LogP contribution in [0.3, 0.4) is 0 Å². The Balaban J connectivity index is 0.000000199. The first-order valence-corrected chi connectivity index (χ1v) is 16.9. The molecule has 1 aliphatic rings. The number of azo groups is 1. The largest absolute Gasteiger partial charge is 0.507 e. The van der Waals surface area contributed by atoms with Crippen LogP contribution in [0.2, 0.25) is 0 Å². The van der Waals surface area contributed by atoms with Gasteiger partial charge in [-0.15, -0.1) is 0 Å². The molecule has 2 aromatic heterocycles. The average Bonchev–Trinajstić information content (AvgIpc) is 3.49. The number of aromatic hydroxyl groups is 1. The zero-order valence-corrected chi connectivity index (χ0v) is 27.6. The van der Waals surface area contributed by atoms with Gasteiger partial charge < -0.3 is 25.0 Å². The Morgan fingerprint density at radius 1 is 0.980 bits per heavy atom.